The molecule has 1 aliphatic rings. The fourth-order valence-electron chi connectivity index (χ4n) is 3.25. The third-order valence-corrected chi connectivity index (χ3v) is 4.26. The summed E-state index contributed by atoms with van der Waals surface area (Å²) >= 11 is 0. The molecular formula is C17H27NO. The normalized spacial score (nSPS) is 17.5. The van der Waals surface area contributed by atoms with Crippen LogP contribution in [0.1, 0.15) is 38.5 Å². The minimum atomic E-state index is 0.840. The molecule has 0 heterocycles. The van der Waals surface area contributed by atoms with Gasteiger partial charge in [0.2, 0.25) is 0 Å². The Morgan fingerprint density at radius 2 is 1.95 bits per heavy atom. The average molecular weight is 261 g/mol. The SMILES string of the molecule is CNCC(CCCOc1ccccc1)C1CCCC1. The van der Waals surface area contributed by atoms with Crippen LogP contribution >= 0.6 is 0 Å². The molecule has 0 amide bonds. The first-order chi connectivity index (χ1) is 9.40. The maximum Gasteiger partial charge on any atom is 0.119 e. The van der Waals surface area contributed by atoms with Crippen molar-refractivity contribution in [3.8, 4) is 5.75 Å². The van der Waals surface area contributed by atoms with E-state index in [2.05, 4.69) is 12.4 Å². The van der Waals surface area contributed by atoms with E-state index in [9.17, 15) is 0 Å². The number of hydrogen-bond acceptors (Lipinski definition) is 2. The summed E-state index contributed by atoms with van der Waals surface area (Å²) in [6, 6.07) is 10.1. The highest BCUT2D eigenvalue weighted by molar-refractivity contribution is 5.20. The van der Waals surface area contributed by atoms with Gasteiger partial charge in [-0.3, -0.25) is 0 Å². The van der Waals surface area contributed by atoms with Crippen molar-refractivity contribution in [3.05, 3.63) is 30.3 Å². The van der Waals surface area contributed by atoms with Gasteiger partial charge < -0.3 is 10.1 Å². The van der Waals surface area contributed by atoms with E-state index < -0.39 is 0 Å². The van der Waals surface area contributed by atoms with Crippen molar-refractivity contribution in [2.45, 2.75) is 38.5 Å². The van der Waals surface area contributed by atoms with E-state index in [4.69, 9.17) is 4.74 Å². The first-order valence-corrected chi connectivity index (χ1v) is 7.72. The Hall–Kier alpha value is -1.02. The molecule has 2 nitrogen and oxygen atoms in total. The molecular weight excluding hydrogens is 234 g/mol. The molecule has 0 bridgehead atoms. The lowest BCUT2D eigenvalue weighted by Gasteiger charge is -2.23. The van der Waals surface area contributed by atoms with Crippen molar-refractivity contribution in [2.75, 3.05) is 20.2 Å². The molecule has 1 N–H and O–H groups in total. The summed E-state index contributed by atoms with van der Waals surface area (Å²) in [5.74, 6) is 2.78. The lowest BCUT2D eigenvalue weighted by atomic mass is 9.87. The van der Waals surface area contributed by atoms with E-state index in [1.54, 1.807) is 0 Å². The number of ether oxygens (including phenoxy) is 1. The Kier molecular flexibility index (Phi) is 6.22. The lowest BCUT2D eigenvalue weighted by molar-refractivity contribution is 0.256. The van der Waals surface area contributed by atoms with Gasteiger partial charge in [-0.2, -0.15) is 0 Å². The number of nitrogens with one attached hydrogen (secondary N) is 1. The van der Waals surface area contributed by atoms with Crippen molar-refractivity contribution in [3.63, 3.8) is 0 Å². The maximum atomic E-state index is 5.78. The summed E-state index contributed by atoms with van der Waals surface area (Å²) in [6.07, 6.45) is 8.20. The quantitative estimate of drug-likeness (QED) is 0.717. The predicted octanol–water partition coefficient (Wildman–Crippen LogP) is 3.87. The van der Waals surface area contributed by atoms with Gasteiger partial charge >= 0.3 is 0 Å². The number of benzene rings is 1. The summed E-state index contributed by atoms with van der Waals surface area (Å²) in [5, 5.41) is 3.36. The highest BCUT2D eigenvalue weighted by atomic mass is 16.5. The van der Waals surface area contributed by atoms with Crippen LogP contribution in [0.4, 0.5) is 0 Å². The van der Waals surface area contributed by atoms with Crippen molar-refractivity contribution < 1.29 is 4.74 Å². The van der Waals surface area contributed by atoms with Crippen LogP contribution in [0.3, 0.4) is 0 Å². The van der Waals surface area contributed by atoms with Crippen LogP contribution in [0.2, 0.25) is 0 Å². The summed E-state index contributed by atoms with van der Waals surface area (Å²) in [4.78, 5) is 0. The second-order valence-corrected chi connectivity index (χ2v) is 5.67. The Morgan fingerprint density at radius 1 is 1.21 bits per heavy atom. The van der Waals surface area contributed by atoms with E-state index >= 15 is 0 Å². The Bertz CT molecular complexity index is 332. The van der Waals surface area contributed by atoms with Gasteiger partial charge in [0.1, 0.15) is 5.75 Å². The van der Waals surface area contributed by atoms with Crippen LogP contribution in [0.15, 0.2) is 30.3 Å². The van der Waals surface area contributed by atoms with Crippen molar-refractivity contribution in [2.24, 2.45) is 11.8 Å². The zero-order valence-electron chi connectivity index (χ0n) is 12.1. The van der Waals surface area contributed by atoms with Crippen LogP contribution < -0.4 is 10.1 Å². The van der Waals surface area contributed by atoms with Crippen molar-refractivity contribution in [1.82, 2.24) is 5.32 Å². The fourth-order valence-corrected chi connectivity index (χ4v) is 3.25. The number of para-hydroxylation sites is 1. The van der Waals surface area contributed by atoms with Crippen LogP contribution in [0, 0.1) is 11.8 Å². The third-order valence-electron chi connectivity index (χ3n) is 4.26. The van der Waals surface area contributed by atoms with Gasteiger partial charge in [-0.25, -0.2) is 0 Å². The largest absolute Gasteiger partial charge is 0.494 e. The molecule has 1 saturated carbocycles. The summed E-state index contributed by atoms with van der Waals surface area (Å²) in [7, 11) is 2.07. The van der Waals surface area contributed by atoms with E-state index in [1.165, 1.54) is 32.1 Å². The smallest absolute Gasteiger partial charge is 0.119 e. The molecule has 0 aromatic heterocycles. The third kappa shape index (κ3) is 4.87. The first-order valence-electron chi connectivity index (χ1n) is 7.72. The zero-order chi connectivity index (χ0) is 13.3. The second kappa shape index (κ2) is 8.21. The van der Waals surface area contributed by atoms with Crippen LogP contribution in [-0.4, -0.2) is 20.2 Å². The lowest BCUT2D eigenvalue weighted by Crippen LogP contribution is -2.25. The monoisotopic (exact) mass is 261 g/mol. The molecule has 0 aliphatic heterocycles. The van der Waals surface area contributed by atoms with E-state index in [0.717, 1.165) is 37.2 Å². The first kappa shape index (κ1) is 14.4. The molecule has 1 atom stereocenters. The highest BCUT2D eigenvalue weighted by Gasteiger charge is 2.23. The van der Waals surface area contributed by atoms with Gasteiger partial charge in [0, 0.05) is 0 Å². The molecule has 1 fully saturated rings. The molecule has 2 heteroatoms. The highest BCUT2D eigenvalue weighted by Crippen LogP contribution is 2.33. The summed E-state index contributed by atoms with van der Waals surface area (Å²) in [5.41, 5.74) is 0. The van der Waals surface area contributed by atoms with Gasteiger partial charge in [0.25, 0.3) is 0 Å². The Balaban J connectivity index is 1.67. The Morgan fingerprint density at radius 3 is 2.63 bits per heavy atom. The topological polar surface area (TPSA) is 21.3 Å². The van der Waals surface area contributed by atoms with Crippen LogP contribution in [0.25, 0.3) is 0 Å². The molecule has 1 aromatic carbocycles. The van der Waals surface area contributed by atoms with E-state index in [-0.39, 0.29) is 0 Å². The minimum absolute atomic E-state index is 0.840. The van der Waals surface area contributed by atoms with Crippen molar-refractivity contribution in [1.29, 1.82) is 0 Å². The van der Waals surface area contributed by atoms with Crippen LogP contribution in [-0.2, 0) is 0 Å². The molecule has 1 unspecified atom stereocenters. The Labute approximate surface area is 117 Å². The summed E-state index contributed by atoms with van der Waals surface area (Å²) in [6.45, 7) is 2.01. The van der Waals surface area contributed by atoms with Crippen molar-refractivity contribution >= 4 is 0 Å². The molecule has 1 aromatic rings. The second-order valence-electron chi connectivity index (χ2n) is 5.67. The van der Waals surface area contributed by atoms with Crippen LogP contribution in [0.5, 0.6) is 5.75 Å². The zero-order valence-corrected chi connectivity index (χ0v) is 12.1. The molecule has 0 radical (unpaired) electrons. The number of hydrogen-bond donors (Lipinski definition) is 1. The minimum Gasteiger partial charge on any atom is -0.494 e. The van der Waals surface area contributed by atoms with Gasteiger partial charge in [-0.05, 0) is 50.4 Å². The molecule has 0 spiro atoms. The molecule has 1 aliphatic carbocycles. The standard InChI is InChI=1S/C17H27NO/c1-18-14-16(15-8-5-6-9-15)10-7-13-19-17-11-3-2-4-12-17/h2-4,11-12,15-16,18H,5-10,13-14H2,1H3. The molecule has 106 valence electrons. The van der Waals surface area contributed by atoms with E-state index in [1.807, 2.05) is 30.3 Å². The predicted molar refractivity (Wildman–Crippen MR) is 80.5 cm³/mol. The van der Waals surface area contributed by atoms with Gasteiger partial charge in [0.15, 0.2) is 0 Å². The van der Waals surface area contributed by atoms with Gasteiger partial charge in [-0.1, -0.05) is 43.9 Å². The van der Waals surface area contributed by atoms with Gasteiger partial charge in [-0.15, -0.1) is 0 Å². The average Bonchev–Trinajstić information content (AvgIpc) is 2.97. The summed E-state index contributed by atoms with van der Waals surface area (Å²) < 4.78 is 5.78. The maximum absolute atomic E-state index is 5.78. The molecule has 19 heavy (non-hydrogen) atoms. The molecule has 2 rings (SSSR count). The molecule has 0 saturated heterocycles. The van der Waals surface area contributed by atoms with Gasteiger partial charge in [0.05, 0.1) is 6.61 Å². The van der Waals surface area contributed by atoms with E-state index in [0.29, 0.717) is 0 Å². The number of rotatable bonds is 8. The fraction of sp³-hybridized carbons (Fsp3) is 0.647.